The van der Waals surface area contributed by atoms with Crippen molar-refractivity contribution in [3.63, 3.8) is 0 Å². The molecule has 1 heterocycles. The Labute approximate surface area is 153 Å². The normalized spacial score (nSPS) is 13.3. The van der Waals surface area contributed by atoms with E-state index in [1.807, 2.05) is 23.1 Å². The molecule has 0 saturated heterocycles. The zero-order valence-electron chi connectivity index (χ0n) is 14.2. The van der Waals surface area contributed by atoms with E-state index in [4.69, 9.17) is 11.6 Å². The second kappa shape index (κ2) is 7.70. The van der Waals surface area contributed by atoms with Crippen molar-refractivity contribution < 1.29 is 9.59 Å². The molecule has 25 heavy (non-hydrogen) atoms. The van der Waals surface area contributed by atoms with Gasteiger partial charge in [-0.25, -0.2) is 0 Å². The Morgan fingerprint density at radius 2 is 1.88 bits per heavy atom. The van der Waals surface area contributed by atoms with Crippen molar-refractivity contribution >= 4 is 29.1 Å². The highest BCUT2D eigenvalue weighted by Crippen LogP contribution is 2.22. The van der Waals surface area contributed by atoms with Crippen LogP contribution in [-0.4, -0.2) is 29.8 Å². The van der Waals surface area contributed by atoms with E-state index < -0.39 is 0 Å². The van der Waals surface area contributed by atoms with Crippen molar-refractivity contribution in [1.29, 1.82) is 0 Å². The number of amides is 2. The Balaban J connectivity index is 1.64. The number of carbonyl (C=O) groups excluding carboxylic acids is 2. The van der Waals surface area contributed by atoms with Crippen LogP contribution in [0.3, 0.4) is 0 Å². The zero-order chi connectivity index (χ0) is 17.8. The molecule has 0 bridgehead atoms. The minimum absolute atomic E-state index is 0.0720. The molecule has 130 valence electrons. The fraction of sp³-hybridized carbons (Fsp3) is 0.300. The molecule has 0 aromatic heterocycles. The molecule has 0 N–H and O–H groups in total. The minimum atomic E-state index is -0.0981. The van der Waals surface area contributed by atoms with Gasteiger partial charge in [0.05, 0.1) is 0 Å². The summed E-state index contributed by atoms with van der Waals surface area (Å²) in [6, 6.07) is 15.4. The van der Waals surface area contributed by atoms with Crippen LogP contribution in [0, 0.1) is 0 Å². The molecule has 0 spiro atoms. The van der Waals surface area contributed by atoms with Crippen molar-refractivity contribution in [2.75, 3.05) is 18.0 Å². The number of nitrogens with zero attached hydrogens (tertiary/aromatic N) is 2. The molecule has 2 amide bonds. The Bertz CT molecular complexity index is 791. The van der Waals surface area contributed by atoms with Crippen molar-refractivity contribution in [2.24, 2.45) is 0 Å². The summed E-state index contributed by atoms with van der Waals surface area (Å²) in [4.78, 5) is 28.0. The molecule has 0 unspecified atom stereocenters. The van der Waals surface area contributed by atoms with Crippen LogP contribution in [-0.2, 0) is 22.6 Å². The van der Waals surface area contributed by atoms with Crippen LogP contribution in [0.15, 0.2) is 48.5 Å². The van der Waals surface area contributed by atoms with E-state index >= 15 is 0 Å². The van der Waals surface area contributed by atoms with Crippen LogP contribution in [0.5, 0.6) is 0 Å². The van der Waals surface area contributed by atoms with Crippen molar-refractivity contribution in [3.8, 4) is 0 Å². The highest BCUT2D eigenvalue weighted by molar-refractivity contribution is 6.30. The molecule has 2 aromatic rings. The number of carbonyl (C=O) groups is 2. The average Bonchev–Trinajstić information content (AvgIpc) is 2.61. The lowest BCUT2D eigenvalue weighted by Crippen LogP contribution is -2.39. The lowest BCUT2D eigenvalue weighted by Gasteiger charge is -2.30. The van der Waals surface area contributed by atoms with Gasteiger partial charge in [0.25, 0.3) is 0 Å². The van der Waals surface area contributed by atoms with E-state index in [9.17, 15) is 9.59 Å². The minimum Gasteiger partial charge on any atom is -0.338 e. The maximum Gasteiger partial charge on any atom is 0.224 e. The molecule has 4 nitrogen and oxygen atoms in total. The van der Waals surface area contributed by atoms with Gasteiger partial charge in [-0.1, -0.05) is 41.9 Å². The maximum absolute atomic E-state index is 12.6. The summed E-state index contributed by atoms with van der Waals surface area (Å²) in [6.45, 7) is 3.23. The van der Waals surface area contributed by atoms with Gasteiger partial charge in [-0.2, -0.15) is 0 Å². The predicted molar refractivity (Wildman–Crippen MR) is 99.7 cm³/mol. The molecule has 3 rings (SSSR count). The first-order valence-corrected chi connectivity index (χ1v) is 8.80. The number of fused-ring (bicyclic) bond motifs is 1. The molecule has 0 aliphatic carbocycles. The molecule has 2 aromatic carbocycles. The summed E-state index contributed by atoms with van der Waals surface area (Å²) >= 11 is 6.01. The van der Waals surface area contributed by atoms with Gasteiger partial charge in [0.15, 0.2) is 0 Å². The van der Waals surface area contributed by atoms with Gasteiger partial charge < -0.3 is 9.80 Å². The first-order valence-electron chi connectivity index (χ1n) is 8.43. The molecule has 1 aliphatic rings. The van der Waals surface area contributed by atoms with Gasteiger partial charge >= 0.3 is 0 Å². The standard InChI is InChI=1S/C20H21ClN2O2/c1-15(24)23(19-8-4-7-18(21)13-19)12-10-20(25)22-11-9-16-5-2-3-6-17(16)14-22/h2-8,13H,9-12,14H2,1H3. The van der Waals surface area contributed by atoms with E-state index in [-0.39, 0.29) is 11.8 Å². The number of halogens is 1. The Hall–Kier alpha value is -2.33. The topological polar surface area (TPSA) is 40.6 Å². The average molecular weight is 357 g/mol. The quantitative estimate of drug-likeness (QED) is 0.838. The Kier molecular flexibility index (Phi) is 5.39. The Morgan fingerprint density at radius 1 is 1.12 bits per heavy atom. The van der Waals surface area contributed by atoms with Gasteiger partial charge in [0.2, 0.25) is 11.8 Å². The molecule has 0 radical (unpaired) electrons. The fourth-order valence-corrected chi connectivity index (χ4v) is 3.37. The van der Waals surface area contributed by atoms with Gasteiger partial charge in [-0.05, 0) is 35.7 Å². The van der Waals surface area contributed by atoms with Gasteiger partial charge in [0.1, 0.15) is 0 Å². The number of rotatable bonds is 4. The first kappa shape index (κ1) is 17.5. The predicted octanol–water partition coefficient (Wildman–Crippen LogP) is 3.67. The monoisotopic (exact) mass is 356 g/mol. The van der Waals surface area contributed by atoms with Crippen molar-refractivity contribution in [2.45, 2.75) is 26.3 Å². The molecule has 5 heteroatoms. The number of hydrogen-bond acceptors (Lipinski definition) is 2. The Morgan fingerprint density at radius 3 is 2.60 bits per heavy atom. The molecule has 0 saturated carbocycles. The third-order valence-corrected chi connectivity index (χ3v) is 4.77. The summed E-state index contributed by atoms with van der Waals surface area (Å²) in [5.41, 5.74) is 3.24. The molecule has 1 aliphatic heterocycles. The van der Waals surface area contributed by atoms with Gasteiger partial charge in [0, 0.05) is 43.7 Å². The highest BCUT2D eigenvalue weighted by Gasteiger charge is 2.21. The van der Waals surface area contributed by atoms with Crippen LogP contribution in [0.4, 0.5) is 5.69 Å². The number of benzene rings is 2. The van der Waals surface area contributed by atoms with Crippen molar-refractivity contribution in [3.05, 3.63) is 64.7 Å². The van der Waals surface area contributed by atoms with Crippen LogP contribution in [0.1, 0.15) is 24.5 Å². The first-order chi connectivity index (χ1) is 12.0. The number of anilines is 1. The second-order valence-electron chi connectivity index (χ2n) is 6.23. The lowest BCUT2D eigenvalue weighted by atomic mass is 10.00. The molecule has 0 atom stereocenters. The van der Waals surface area contributed by atoms with Gasteiger partial charge in [-0.15, -0.1) is 0 Å². The van der Waals surface area contributed by atoms with E-state index in [1.54, 1.807) is 23.1 Å². The van der Waals surface area contributed by atoms with Crippen LogP contribution in [0.25, 0.3) is 0 Å². The van der Waals surface area contributed by atoms with Crippen molar-refractivity contribution in [1.82, 2.24) is 4.90 Å². The van der Waals surface area contributed by atoms with E-state index in [0.717, 1.165) is 18.7 Å². The third kappa shape index (κ3) is 4.20. The smallest absolute Gasteiger partial charge is 0.224 e. The maximum atomic E-state index is 12.6. The molecular formula is C20H21ClN2O2. The van der Waals surface area contributed by atoms with E-state index in [1.165, 1.54) is 18.1 Å². The third-order valence-electron chi connectivity index (χ3n) is 4.53. The molecular weight excluding hydrogens is 336 g/mol. The molecule has 0 fully saturated rings. The SMILES string of the molecule is CC(=O)N(CCC(=O)N1CCc2ccccc2C1)c1cccc(Cl)c1. The van der Waals surface area contributed by atoms with Crippen LogP contribution >= 0.6 is 11.6 Å². The fourth-order valence-electron chi connectivity index (χ4n) is 3.19. The summed E-state index contributed by atoms with van der Waals surface area (Å²) in [5.74, 6) is -0.0261. The highest BCUT2D eigenvalue weighted by atomic mass is 35.5. The zero-order valence-corrected chi connectivity index (χ0v) is 15.0. The van der Waals surface area contributed by atoms with E-state index in [0.29, 0.717) is 24.5 Å². The van der Waals surface area contributed by atoms with Gasteiger partial charge in [-0.3, -0.25) is 9.59 Å². The van der Waals surface area contributed by atoms with Crippen LogP contribution < -0.4 is 4.90 Å². The summed E-state index contributed by atoms with van der Waals surface area (Å²) < 4.78 is 0. The van der Waals surface area contributed by atoms with E-state index in [2.05, 4.69) is 12.1 Å². The summed E-state index contributed by atoms with van der Waals surface area (Å²) in [6.07, 6.45) is 1.18. The number of hydrogen-bond donors (Lipinski definition) is 0. The summed E-state index contributed by atoms with van der Waals surface area (Å²) in [7, 11) is 0. The second-order valence-corrected chi connectivity index (χ2v) is 6.67. The van der Waals surface area contributed by atoms with Crippen LogP contribution in [0.2, 0.25) is 5.02 Å². The lowest BCUT2D eigenvalue weighted by molar-refractivity contribution is -0.131. The summed E-state index contributed by atoms with van der Waals surface area (Å²) in [5, 5.41) is 0.572. The largest absolute Gasteiger partial charge is 0.338 e.